The van der Waals surface area contributed by atoms with Gasteiger partial charge >= 0.3 is 0 Å². The highest BCUT2D eigenvalue weighted by Gasteiger charge is 2.22. The lowest BCUT2D eigenvalue weighted by molar-refractivity contribution is 0.594. The third kappa shape index (κ3) is 1.48. The number of nitrogens with one attached hydrogen (secondary N) is 1. The minimum Gasteiger partial charge on any atom is -0.362 e. The molecule has 0 spiro atoms. The zero-order valence-electron chi connectivity index (χ0n) is 9.35. The minimum atomic E-state index is 0.535. The molecule has 1 aromatic heterocycles. The second-order valence-electron chi connectivity index (χ2n) is 4.41. The number of anilines is 1. The van der Waals surface area contributed by atoms with Gasteiger partial charge in [0.05, 0.1) is 11.9 Å². The van der Waals surface area contributed by atoms with Crippen LogP contribution < -0.4 is 4.90 Å². The molecular formula is C13H15N3. The first-order chi connectivity index (χ1) is 7.84. The molecule has 1 atom stereocenters. The third-order valence-corrected chi connectivity index (χ3v) is 3.32. The van der Waals surface area contributed by atoms with Gasteiger partial charge in [0.25, 0.3) is 0 Å². The number of hydrogen-bond acceptors (Lipinski definition) is 2. The Bertz CT molecular complexity index is 476. The van der Waals surface area contributed by atoms with Crippen molar-refractivity contribution in [1.82, 2.24) is 10.2 Å². The predicted molar refractivity (Wildman–Crippen MR) is 64.4 cm³/mol. The van der Waals surface area contributed by atoms with Crippen LogP contribution in [0.25, 0.3) is 0 Å². The van der Waals surface area contributed by atoms with Gasteiger partial charge in [0, 0.05) is 18.8 Å². The monoisotopic (exact) mass is 213 g/mol. The third-order valence-electron chi connectivity index (χ3n) is 3.32. The zero-order valence-corrected chi connectivity index (χ0v) is 9.35. The SMILES string of the molecule is CC1Cc2ccccc2CN1c1cn[nH]c1. The molecule has 1 aromatic carbocycles. The van der Waals surface area contributed by atoms with Gasteiger partial charge in [-0.25, -0.2) is 0 Å². The Hall–Kier alpha value is -1.77. The molecule has 1 aliphatic rings. The van der Waals surface area contributed by atoms with Crippen molar-refractivity contribution >= 4 is 5.69 Å². The van der Waals surface area contributed by atoms with Crippen LogP contribution in [0.2, 0.25) is 0 Å². The maximum Gasteiger partial charge on any atom is 0.0755 e. The van der Waals surface area contributed by atoms with E-state index >= 15 is 0 Å². The summed E-state index contributed by atoms with van der Waals surface area (Å²) in [6.07, 6.45) is 4.97. The van der Waals surface area contributed by atoms with E-state index in [2.05, 4.69) is 46.3 Å². The summed E-state index contributed by atoms with van der Waals surface area (Å²) < 4.78 is 0. The van der Waals surface area contributed by atoms with Crippen LogP contribution in [0.5, 0.6) is 0 Å². The summed E-state index contributed by atoms with van der Waals surface area (Å²) in [5.74, 6) is 0. The van der Waals surface area contributed by atoms with Crippen molar-refractivity contribution in [2.75, 3.05) is 4.90 Å². The molecule has 0 bridgehead atoms. The molecule has 0 saturated carbocycles. The van der Waals surface area contributed by atoms with Crippen LogP contribution in [0.15, 0.2) is 36.7 Å². The molecule has 0 saturated heterocycles. The number of aromatic nitrogens is 2. The number of aromatic amines is 1. The van der Waals surface area contributed by atoms with Crippen LogP contribution in [-0.2, 0) is 13.0 Å². The van der Waals surface area contributed by atoms with E-state index in [1.807, 2.05) is 12.4 Å². The fourth-order valence-electron chi connectivity index (χ4n) is 2.43. The van der Waals surface area contributed by atoms with Crippen LogP contribution in [0.4, 0.5) is 5.69 Å². The second kappa shape index (κ2) is 3.67. The fraction of sp³-hybridized carbons (Fsp3) is 0.308. The minimum absolute atomic E-state index is 0.535. The van der Waals surface area contributed by atoms with Crippen LogP contribution in [0, 0.1) is 0 Å². The van der Waals surface area contributed by atoms with Crippen molar-refractivity contribution in [3.8, 4) is 0 Å². The topological polar surface area (TPSA) is 31.9 Å². The van der Waals surface area contributed by atoms with Gasteiger partial charge in [0.1, 0.15) is 0 Å². The molecule has 2 heterocycles. The summed E-state index contributed by atoms with van der Waals surface area (Å²) in [5, 5.41) is 6.90. The number of rotatable bonds is 1. The van der Waals surface area contributed by atoms with Crippen LogP contribution in [-0.4, -0.2) is 16.2 Å². The van der Waals surface area contributed by atoms with Gasteiger partial charge in [0.15, 0.2) is 0 Å². The molecular weight excluding hydrogens is 198 g/mol. The van der Waals surface area contributed by atoms with E-state index in [-0.39, 0.29) is 0 Å². The number of fused-ring (bicyclic) bond motifs is 1. The van der Waals surface area contributed by atoms with E-state index in [0.29, 0.717) is 6.04 Å². The lowest BCUT2D eigenvalue weighted by Gasteiger charge is -2.35. The lowest BCUT2D eigenvalue weighted by atomic mass is 9.95. The average molecular weight is 213 g/mol. The zero-order chi connectivity index (χ0) is 11.0. The Balaban J connectivity index is 1.95. The van der Waals surface area contributed by atoms with Gasteiger partial charge in [0.2, 0.25) is 0 Å². The predicted octanol–water partition coefficient (Wildman–Crippen LogP) is 2.36. The summed E-state index contributed by atoms with van der Waals surface area (Å²) in [7, 11) is 0. The highest BCUT2D eigenvalue weighted by molar-refractivity contribution is 5.47. The molecule has 3 heteroatoms. The standard InChI is InChI=1S/C13H15N3/c1-10-6-11-4-2-3-5-12(11)9-16(10)13-7-14-15-8-13/h2-5,7-8,10H,6,9H2,1H3,(H,14,15). The van der Waals surface area contributed by atoms with Gasteiger partial charge in [-0.1, -0.05) is 24.3 Å². The first-order valence-electron chi connectivity index (χ1n) is 5.67. The average Bonchev–Trinajstić information content (AvgIpc) is 2.81. The number of benzene rings is 1. The van der Waals surface area contributed by atoms with Gasteiger partial charge < -0.3 is 4.90 Å². The molecule has 1 aliphatic heterocycles. The van der Waals surface area contributed by atoms with E-state index in [9.17, 15) is 0 Å². The maximum atomic E-state index is 4.02. The Morgan fingerprint density at radius 1 is 1.31 bits per heavy atom. The summed E-state index contributed by atoms with van der Waals surface area (Å²) >= 11 is 0. The Labute approximate surface area is 95.1 Å². The van der Waals surface area contributed by atoms with Crippen LogP contribution in [0.3, 0.4) is 0 Å². The molecule has 1 N–H and O–H groups in total. The van der Waals surface area contributed by atoms with Crippen molar-refractivity contribution in [3.05, 3.63) is 47.8 Å². The van der Waals surface area contributed by atoms with Crippen LogP contribution >= 0.6 is 0 Å². The molecule has 3 nitrogen and oxygen atoms in total. The number of hydrogen-bond donors (Lipinski definition) is 1. The summed E-state index contributed by atoms with van der Waals surface area (Å²) in [6, 6.07) is 9.22. The van der Waals surface area contributed by atoms with Crippen molar-refractivity contribution in [1.29, 1.82) is 0 Å². The maximum absolute atomic E-state index is 4.02. The molecule has 1 unspecified atom stereocenters. The Kier molecular flexibility index (Phi) is 2.17. The normalized spacial score (nSPS) is 19.6. The summed E-state index contributed by atoms with van der Waals surface area (Å²) in [4.78, 5) is 2.39. The van der Waals surface area contributed by atoms with E-state index in [1.165, 1.54) is 16.8 Å². The van der Waals surface area contributed by atoms with Crippen molar-refractivity contribution in [2.45, 2.75) is 25.9 Å². The first kappa shape index (κ1) is 9.46. The van der Waals surface area contributed by atoms with Crippen molar-refractivity contribution in [3.63, 3.8) is 0 Å². The molecule has 0 aliphatic carbocycles. The number of nitrogens with zero attached hydrogens (tertiary/aromatic N) is 2. The molecule has 82 valence electrons. The quantitative estimate of drug-likeness (QED) is 0.788. The van der Waals surface area contributed by atoms with Crippen LogP contribution in [0.1, 0.15) is 18.1 Å². The fourth-order valence-corrected chi connectivity index (χ4v) is 2.43. The molecule has 16 heavy (non-hydrogen) atoms. The Morgan fingerprint density at radius 2 is 2.12 bits per heavy atom. The smallest absolute Gasteiger partial charge is 0.0755 e. The Morgan fingerprint density at radius 3 is 2.88 bits per heavy atom. The molecule has 3 rings (SSSR count). The second-order valence-corrected chi connectivity index (χ2v) is 4.41. The largest absolute Gasteiger partial charge is 0.362 e. The van der Waals surface area contributed by atoms with Gasteiger partial charge in [-0.3, -0.25) is 5.10 Å². The molecule has 2 aromatic rings. The summed E-state index contributed by atoms with van der Waals surface area (Å²) in [6.45, 7) is 3.25. The molecule has 0 fully saturated rings. The van der Waals surface area contributed by atoms with E-state index < -0.39 is 0 Å². The van der Waals surface area contributed by atoms with Crippen molar-refractivity contribution < 1.29 is 0 Å². The first-order valence-corrected chi connectivity index (χ1v) is 5.67. The van der Waals surface area contributed by atoms with Gasteiger partial charge in [-0.15, -0.1) is 0 Å². The highest BCUT2D eigenvalue weighted by Crippen LogP contribution is 2.27. The highest BCUT2D eigenvalue weighted by atomic mass is 15.2. The van der Waals surface area contributed by atoms with E-state index in [4.69, 9.17) is 0 Å². The van der Waals surface area contributed by atoms with Gasteiger partial charge in [-0.05, 0) is 24.5 Å². The molecule has 0 radical (unpaired) electrons. The van der Waals surface area contributed by atoms with E-state index in [0.717, 1.165) is 13.0 Å². The number of H-pyrrole nitrogens is 1. The molecule has 0 amide bonds. The summed E-state index contributed by atoms with van der Waals surface area (Å²) in [5.41, 5.74) is 4.10. The van der Waals surface area contributed by atoms with Gasteiger partial charge in [-0.2, -0.15) is 5.10 Å². The lowest BCUT2D eigenvalue weighted by Crippen LogP contribution is -2.38. The van der Waals surface area contributed by atoms with E-state index in [1.54, 1.807) is 0 Å². The van der Waals surface area contributed by atoms with Crippen molar-refractivity contribution in [2.24, 2.45) is 0 Å².